The fourth-order valence-electron chi connectivity index (χ4n) is 4.07. The summed E-state index contributed by atoms with van der Waals surface area (Å²) in [7, 11) is 0. The van der Waals surface area contributed by atoms with Gasteiger partial charge in [0.15, 0.2) is 0 Å². The molecule has 2 aliphatic rings. The maximum atomic E-state index is 2.59. The van der Waals surface area contributed by atoms with Crippen LogP contribution in [0.15, 0.2) is 11.6 Å². The standard InChI is InChI=1S/C14H24/c1-11-6-7-12-13(2,3)8-5-9-14(12,4)10-11/h10,12H,5-9H2,1-4H3. The number of allylic oxidation sites excluding steroid dienone is 2. The van der Waals surface area contributed by atoms with Gasteiger partial charge in [0.1, 0.15) is 0 Å². The molecule has 0 bridgehead atoms. The van der Waals surface area contributed by atoms with Crippen molar-refractivity contribution < 1.29 is 0 Å². The molecule has 0 aromatic heterocycles. The Morgan fingerprint density at radius 1 is 1.21 bits per heavy atom. The highest BCUT2D eigenvalue weighted by atomic mass is 14.5. The van der Waals surface area contributed by atoms with Crippen LogP contribution in [0.5, 0.6) is 0 Å². The van der Waals surface area contributed by atoms with E-state index < -0.39 is 0 Å². The minimum atomic E-state index is 0.518. The zero-order valence-electron chi connectivity index (χ0n) is 10.2. The Bertz CT molecular complexity index is 259. The Morgan fingerprint density at radius 2 is 1.93 bits per heavy atom. The first-order valence-electron chi connectivity index (χ1n) is 6.12. The van der Waals surface area contributed by atoms with Crippen molar-refractivity contribution in [2.24, 2.45) is 16.7 Å². The Labute approximate surface area is 88.8 Å². The average Bonchev–Trinajstić information content (AvgIpc) is 2.00. The molecule has 0 aliphatic heterocycles. The second kappa shape index (κ2) is 3.12. The lowest BCUT2D eigenvalue weighted by atomic mass is 9.53. The minimum Gasteiger partial charge on any atom is -0.0794 e. The van der Waals surface area contributed by atoms with Gasteiger partial charge in [-0.15, -0.1) is 0 Å². The Balaban J connectivity index is 2.33. The first-order valence-corrected chi connectivity index (χ1v) is 6.12. The molecule has 2 aliphatic carbocycles. The van der Waals surface area contributed by atoms with E-state index in [-0.39, 0.29) is 0 Å². The average molecular weight is 192 g/mol. The van der Waals surface area contributed by atoms with Crippen LogP contribution in [0.25, 0.3) is 0 Å². The van der Waals surface area contributed by atoms with Crippen molar-refractivity contribution >= 4 is 0 Å². The monoisotopic (exact) mass is 192 g/mol. The van der Waals surface area contributed by atoms with E-state index in [0.717, 1.165) is 5.92 Å². The van der Waals surface area contributed by atoms with E-state index in [9.17, 15) is 0 Å². The van der Waals surface area contributed by atoms with Crippen molar-refractivity contribution in [1.82, 2.24) is 0 Å². The first kappa shape index (κ1) is 10.3. The molecule has 0 heteroatoms. The third-order valence-electron chi connectivity index (χ3n) is 4.68. The highest BCUT2D eigenvalue weighted by molar-refractivity contribution is 5.16. The molecule has 0 aromatic carbocycles. The minimum absolute atomic E-state index is 0.518. The maximum absolute atomic E-state index is 2.59. The second-order valence-corrected chi connectivity index (χ2v) is 6.43. The van der Waals surface area contributed by atoms with Crippen molar-refractivity contribution in [3.05, 3.63) is 11.6 Å². The lowest BCUT2D eigenvalue weighted by Gasteiger charge is -2.52. The molecule has 0 N–H and O–H groups in total. The topological polar surface area (TPSA) is 0 Å². The van der Waals surface area contributed by atoms with Gasteiger partial charge in [-0.2, -0.15) is 0 Å². The summed E-state index contributed by atoms with van der Waals surface area (Å²) in [5, 5.41) is 0. The molecule has 0 radical (unpaired) electrons. The Hall–Kier alpha value is -0.260. The highest BCUT2D eigenvalue weighted by Crippen LogP contribution is 2.56. The predicted molar refractivity (Wildman–Crippen MR) is 62.2 cm³/mol. The van der Waals surface area contributed by atoms with E-state index in [1.54, 1.807) is 5.57 Å². The predicted octanol–water partition coefficient (Wildman–Crippen LogP) is 4.56. The van der Waals surface area contributed by atoms with Gasteiger partial charge in [-0.25, -0.2) is 0 Å². The zero-order valence-corrected chi connectivity index (χ0v) is 10.2. The van der Waals surface area contributed by atoms with Crippen LogP contribution in [0.1, 0.15) is 59.8 Å². The molecular formula is C14H24. The number of rotatable bonds is 0. The lowest BCUT2D eigenvalue weighted by Crippen LogP contribution is -2.42. The lowest BCUT2D eigenvalue weighted by molar-refractivity contribution is 0.0217. The van der Waals surface area contributed by atoms with Crippen LogP contribution >= 0.6 is 0 Å². The van der Waals surface area contributed by atoms with Gasteiger partial charge < -0.3 is 0 Å². The van der Waals surface area contributed by atoms with Crippen LogP contribution in [-0.4, -0.2) is 0 Å². The Kier molecular flexibility index (Phi) is 2.28. The van der Waals surface area contributed by atoms with Crippen molar-refractivity contribution in [3.63, 3.8) is 0 Å². The molecule has 14 heavy (non-hydrogen) atoms. The number of hydrogen-bond acceptors (Lipinski definition) is 0. The van der Waals surface area contributed by atoms with E-state index in [4.69, 9.17) is 0 Å². The van der Waals surface area contributed by atoms with E-state index in [0.29, 0.717) is 10.8 Å². The molecular weight excluding hydrogens is 168 g/mol. The van der Waals surface area contributed by atoms with Gasteiger partial charge in [0, 0.05) is 0 Å². The van der Waals surface area contributed by atoms with Gasteiger partial charge in [0.05, 0.1) is 0 Å². The van der Waals surface area contributed by atoms with Gasteiger partial charge in [-0.3, -0.25) is 0 Å². The number of hydrogen-bond donors (Lipinski definition) is 0. The summed E-state index contributed by atoms with van der Waals surface area (Å²) < 4.78 is 0. The fourth-order valence-corrected chi connectivity index (χ4v) is 4.07. The quantitative estimate of drug-likeness (QED) is 0.494. The highest BCUT2D eigenvalue weighted by Gasteiger charge is 2.46. The molecule has 0 aromatic rings. The molecule has 0 heterocycles. The molecule has 80 valence electrons. The third kappa shape index (κ3) is 1.53. The summed E-state index contributed by atoms with van der Waals surface area (Å²) in [5.74, 6) is 0.924. The third-order valence-corrected chi connectivity index (χ3v) is 4.68. The molecule has 0 amide bonds. The number of fused-ring (bicyclic) bond motifs is 1. The van der Waals surface area contributed by atoms with Gasteiger partial charge in [-0.05, 0) is 49.4 Å². The molecule has 1 fully saturated rings. The summed E-state index contributed by atoms with van der Waals surface area (Å²) in [4.78, 5) is 0. The van der Waals surface area contributed by atoms with Crippen LogP contribution in [0, 0.1) is 16.7 Å². The van der Waals surface area contributed by atoms with E-state index >= 15 is 0 Å². The van der Waals surface area contributed by atoms with Crippen LogP contribution in [0.2, 0.25) is 0 Å². The normalized spacial score (nSPS) is 41.4. The van der Waals surface area contributed by atoms with Crippen LogP contribution in [-0.2, 0) is 0 Å². The fraction of sp³-hybridized carbons (Fsp3) is 0.857. The smallest absolute Gasteiger partial charge is 0.0111 e. The Morgan fingerprint density at radius 3 is 2.64 bits per heavy atom. The largest absolute Gasteiger partial charge is 0.0794 e. The van der Waals surface area contributed by atoms with Crippen molar-refractivity contribution in [2.45, 2.75) is 59.8 Å². The summed E-state index contributed by atoms with van der Waals surface area (Å²) >= 11 is 0. The molecule has 0 nitrogen and oxygen atoms in total. The van der Waals surface area contributed by atoms with Gasteiger partial charge in [0.25, 0.3) is 0 Å². The molecule has 0 spiro atoms. The molecule has 1 saturated carbocycles. The summed E-state index contributed by atoms with van der Waals surface area (Å²) in [6, 6.07) is 0. The van der Waals surface area contributed by atoms with Crippen LogP contribution in [0.3, 0.4) is 0 Å². The first-order chi connectivity index (χ1) is 6.44. The van der Waals surface area contributed by atoms with Gasteiger partial charge in [-0.1, -0.05) is 38.8 Å². The second-order valence-electron chi connectivity index (χ2n) is 6.43. The molecule has 0 saturated heterocycles. The van der Waals surface area contributed by atoms with E-state index in [1.165, 1.54) is 32.1 Å². The summed E-state index contributed by atoms with van der Waals surface area (Å²) in [5.41, 5.74) is 2.72. The van der Waals surface area contributed by atoms with Crippen molar-refractivity contribution in [2.75, 3.05) is 0 Å². The molecule has 2 atom stereocenters. The summed E-state index contributed by atoms with van der Waals surface area (Å²) in [6.07, 6.45) is 9.61. The maximum Gasteiger partial charge on any atom is -0.0111 e. The van der Waals surface area contributed by atoms with Gasteiger partial charge in [0.2, 0.25) is 0 Å². The van der Waals surface area contributed by atoms with Crippen molar-refractivity contribution in [3.8, 4) is 0 Å². The molecule has 2 unspecified atom stereocenters. The van der Waals surface area contributed by atoms with E-state index in [1.807, 2.05) is 0 Å². The zero-order chi connectivity index (χ0) is 10.4. The summed E-state index contributed by atoms with van der Waals surface area (Å²) in [6.45, 7) is 9.75. The van der Waals surface area contributed by atoms with Crippen molar-refractivity contribution in [1.29, 1.82) is 0 Å². The van der Waals surface area contributed by atoms with Crippen LogP contribution < -0.4 is 0 Å². The SMILES string of the molecule is CC1=CC2(C)CCCC(C)(C)C2CC1. The van der Waals surface area contributed by atoms with Crippen LogP contribution in [0.4, 0.5) is 0 Å². The van der Waals surface area contributed by atoms with Gasteiger partial charge >= 0.3 is 0 Å². The molecule has 2 rings (SSSR count). The van der Waals surface area contributed by atoms with E-state index in [2.05, 4.69) is 33.8 Å².